The number of para-hydroxylation sites is 1. The van der Waals surface area contributed by atoms with Gasteiger partial charge in [-0.05, 0) is 30.2 Å². The Morgan fingerprint density at radius 3 is 2.29 bits per heavy atom. The van der Waals surface area contributed by atoms with Gasteiger partial charge in [0.15, 0.2) is 0 Å². The normalized spacial score (nSPS) is 16.2. The fourth-order valence-corrected chi connectivity index (χ4v) is 3.13. The number of aryl methyl sites for hydroxylation is 1. The lowest BCUT2D eigenvalue weighted by atomic mass is 10.1. The fraction of sp³-hybridized carbons (Fsp3) is 0.333. The van der Waals surface area contributed by atoms with Crippen molar-refractivity contribution in [3.8, 4) is 0 Å². The van der Waals surface area contributed by atoms with E-state index in [1.54, 1.807) is 0 Å². The van der Waals surface area contributed by atoms with Crippen molar-refractivity contribution in [2.45, 2.75) is 13.5 Å². The van der Waals surface area contributed by atoms with Gasteiger partial charge in [0.05, 0.1) is 0 Å². The molecule has 2 aromatic rings. The Hall–Kier alpha value is -1.51. The maximum Gasteiger partial charge on any atom is 0.0451 e. The van der Waals surface area contributed by atoms with Crippen molar-refractivity contribution in [2.24, 2.45) is 0 Å². The van der Waals surface area contributed by atoms with E-state index in [9.17, 15) is 0 Å². The summed E-state index contributed by atoms with van der Waals surface area (Å²) in [5.74, 6) is 0. The zero-order valence-electron chi connectivity index (χ0n) is 12.4. The molecule has 0 saturated carbocycles. The molecular weight excluding hydrogens is 280 g/mol. The molecule has 3 heteroatoms. The zero-order chi connectivity index (χ0) is 14.7. The minimum Gasteiger partial charge on any atom is -0.369 e. The van der Waals surface area contributed by atoms with E-state index in [0.717, 1.165) is 37.7 Å². The van der Waals surface area contributed by atoms with Crippen molar-refractivity contribution in [3.63, 3.8) is 0 Å². The molecule has 1 aliphatic heterocycles. The lowest BCUT2D eigenvalue weighted by Gasteiger charge is -2.37. The quantitative estimate of drug-likeness (QED) is 0.846. The first-order valence-corrected chi connectivity index (χ1v) is 7.88. The second kappa shape index (κ2) is 6.50. The molecule has 0 unspecified atom stereocenters. The summed E-state index contributed by atoms with van der Waals surface area (Å²) in [4.78, 5) is 4.97. The summed E-state index contributed by atoms with van der Waals surface area (Å²) in [6.45, 7) is 7.45. The van der Waals surface area contributed by atoms with Crippen LogP contribution in [-0.2, 0) is 6.54 Å². The van der Waals surface area contributed by atoms with E-state index < -0.39 is 0 Å². The van der Waals surface area contributed by atoms with E-state index in [2.05, 4.69) is 53.1 Å². The van der Waals surface area contributed by atoms with Crippen molar-refractivity contribution in [1.82, 2.24) is 4.90 Å². The van der Waals surface area contributed by atoms with Crippen molar-refractivity contribution in [1.29, 1.82) is 0 Å². The average molecular weight is 301 g/mol. The average Bonchev–Trinajstić information content (AvgIpc) is 2.51. The van der Waals surface area contributed by atoms with Crippen molar-refractivity contribution in [3.05, 3.63) is 64.7 Å². The third-order valence-corrected chi connectivity index (χ3v) is 4.55. The Balaban J connectivity index is 1.61. The molecule has 1 aliphatic rings. The van der Waals surface area contributed by atoms with Crippen LogP contribution in [-0.4, -0.2) is 31.1 Å². The lowest BCUT2D eigenvalue weighted by Crippen LogP contribution is -2.46. The molecule has 2 nitrogen and oxygen atoms in total. The maximum absolute atomic E-state index is 6.25. The van der Waals surface area contributed by atoms with Gasteiger partial charge in [-0.1, -0.05) is 48.0 Å². The van der Waals surface area contributed by atoms with Crippen LogP contribution in [0.2, 0.25) is 5.02 Å². The molecule has 0 aliphatic carbocycles. The Morgan fingerprint density at radius 2 is 1.57 bits per heavy atom. The van der Waals surface area contributed by atoms with E-state index in [1.165, 1.54) is 16.8 Å². The summed E-state index contributed by atoms with van der Waals surface area (Å²) in [5, 5.41) is 0.874. The summed E-state index contributed by atoms with van der Waals surface area (Å²) in [5.41, 5.74) is 3.95. The van der Waals surface area contributed by atoms with Crippen molar-refractivity contribution < 1.29 is 0 Å². The van der Waals surface area contributed by atoms with Crippen LogP contribution in [0.1, 0.15) is 11.1 Å². The molecule has 110 valence electrons. The van der Waals surface area contributed by atoms with Gasteiger partial charge in [-0.25, -0.2) is 0 Å². The fourth-order valence-electron chi connectivity index (χ4n) is 2.93. The van der Waals surface area contributed by atoms with Gasteiger partial charge < -0.3 is 4.90 Å². The van der Waals surface area contributed by atoms with Crippen LogP contribution in [0.3, 0.4) is 0 Å². The van der Waals surface area contributed by atoms with Gasteiger partial charge >= 0.3 is 0 Å². The number of hydrogen-bond donors (Lipinski definition) is 0. The monoisotopic (exact) mass is 300 g/mol. The Morgan fingerprint density at radius 1 is 0.905 bits per heavy atom. The Kier molecular flexibility index (Phi) is 4.47. The van der Waals surface area contributed by atoms with Gasteiger partial charge in [-0.15, -0.1) is 0 Å². The van der Waals surface area contributed by atoms with Crippen LogP contribution < -0.4 is 4.90 Å². The first-order valence-electron chi connectivity index (χ1n) is 7.50. The molecule has 21 heavy (non-hydrogen) atoms. The minimum atomic E-state index is 0.874. The highest BCUT2D eigenvalue weighted by Gasteiger charge is 2.18. The van der Waals surface area contributed by atoms with E-state index in [0.29, 0.717) is 0 Å². The summed E-state index contributed by atoms with van der Waals surface area (Å²) in [6, 6.07) is 16.8. The minimum absolute atomic E-state index is 0.874. The van der Waals surface area contributed by atoms with Crippen LogP contribution in [0.25, 0.3) is 0 Å². The molecule has 0 radical (unpaired) electrons. The summed E-state index contributed by atoms with van der Waals surface area (Å²) in [7, 11) is 0. The molecule has 0 spiro atoms. The van der Waals surface area contributed by atoms with Gasteiger partial charge in [0.1, 0.15) is 0 Å². The highest BCUT2D eigenvalue weighted by molar-refractivity contribution is 6.31. The predicted molar refractivity (Wildman–Crippen MR) is 90.1 cm³/mol. The van der Waals surface area contributed by atoms with E-state index in [1.807, 2.05) is 12.1 Å². The summed E-state index contributed by atoms with van der Waals surface area (Å²) >= 11 is 6.25. The largest absolute Gasteiger partial charge is 0.369 e. The third kappa shape index (κ3) is 3.39. The van der Waals surface area contributed by atoms with Gasteiger partial charge in [-0.2, -0.15) is 0 Å². The molecule has 1 fully saturated rings. The molecule has 0 N–H and O–H groups in total. The Labute approximate surface area is 131 Å². The number of hydrogen-bond acceptors (Lipinski definition) is 2. The van der Waals surface area contributed by atoms with Gasteiger partial charge in [0, 0.05) is 43.4 Å². The van der Waals surface area contributed by atoms with Crippen LogP contribution in [0.4, 0.5) is 5.69 Å². The first-order chi connectivity index (χ1) is 10.2. The topological polar surface area (TPSA) is 6.48 Å². The van der Waals surface area contributed by atoms with Gasteiger partial charge in [0.25, 0.3) is 0 Å². The molecule has 0 amide bonds. The third-order valence-electron chi connectivity index (χ3n) is 4.18. The number of piperazine rings is 1. The highest BCUT2D eigenvalue weighted by atomic mass is 35.5. The number of anilines is 1. The van der Waals surface area contributed by atoms with E-state index in [4.69, 9.17) is 11.6 Å². The Bertz CT molecular complexity index is 604. The van der Waals surface area contributed by atoms with Crippen LogP contribution in [0.5, 0.6) is 0 Å². The van der Waals surface area contributed by atoms with Crippen LogP contribution in [0, 0.1) is 6.92 Å². The standard InChI is InChI=1S/C18H21ClN2/c1-15-6-2-5-9-18(15)21-12-10-20(11-13-21)14-16-7-3-4-8-17(16)19/h2-9H,10-14H2,1H3. The lowest BCUT2D eigenvalue weighted by molar-refractivity contribution is 0.250. The molecular formula is C18H21ClN2. The first kappa shape index (κ1) is 14.4. The number of nitrogens with zero attached hydrogens (tertiary/aromatic N) is 2. The van der Waals surface area contributed by atoms with Gasteiger partial charge in [-0.3, -0.25) is 4.90 Å². The number of halogens is 1. The molecule has 1 saturated heterocycles. The van der Waals surface area contributed by atoms with Gasteiger partial charge in [0.2, 0.25) is 0 Å². The molecule has 1 heterocycles. The second-order valence-electron chi connectivity index (χ2n) is 5.64. The van der Waals surface area contributed by atoms with E-state index >= 15 is 0 Å². The zero-order valence-corrected chi connectivity index (χ0v) is 13.2. The molecule has 3 rings (SSSR count). The van der Waals surface area contributed by atoms with Crippen LogP contribution in [0.15, 0.2) is 48.5 Å². The van der Waals surface area contributed by atoms with Crippen molar-refractivity contribution >= 4 is 17.3 Å². The SMILES string of the molecule is Cc1ccccc1N1CCN(Cc2ccccc2Cl)CC1. The summed E-state index contributed by atoms with van der Waals surface area (Å²) < 4.78 is 0. The molecule has 0 aromatic heterocycles. The van der Waals surface area contributed by atoms with Crippen LogP contribution >= 0.6 is 11.6 Å². The summed E-state index contributed by atoms with van der Waals surface area (Å²) in [6.07, 6.45) is 0. The maximum atomic E-state index is 6.25. The number of rotatable bonds is 3. The molecule has 0 atom stereocenters. The second-order valence-corrected chi connectivity index (χ2v) is 6.05. The predicted octanol–water partition coefficient (Wildman–Crippen LogP) is 3.97. The highest BCUT2D eigenvalue weighted by Crippen LogP contribution is 2.22. The molecule has 0 bridgehead atoms. The molecule has 2 aromatic carbocycles. The van der Waals surface area contributed by atoms with E-state index in [-0.39, 0.29) is 0 Å². The number of benzene rings is 2. The smallest absolute Gasteiger partial charge is 0.0451 e. The van der Waals surface area contributed by atoms with Crippen molar-refractivity contribution in [2.75, 3.05) is 31.1 Å².